The summed E-state index contributed by atoms with van der Waals surface area (Å²) in [6.07, 6.45) is 3.86. The summed E-state index contributed by atoms with van der Waals surface area (Å²) in [6.45, 7) is 4.75. The van der Waals surface area contributed by atoms with Crippen molar-refractivity contribution in [2.24, 2.45) is 0 Å². The molecule has 0 saturated heterocycles. The number of nitrogens with one attached hydrogen (secondary N) is 1. The Labute approximate surface area is 110 Å². The first-order valence-corrected chi connectivity index (χ1v) is 6.64. The lowest BCUT2D eigenvalue weighted by molar-refractivity contribution is -0.140. The number of nitrogens with zero attached hydrogens (tertiary/aromatic N) is 1. The van der Waals surface area contributed by atoms with Crippen LogP contribution in [-0.2, 0) is 9.53 Å². The lowest BCUT2D eigenvalue weighted by atomic mass is 10.1. The molecular weight excluding hydrogens is 232 g/mol. The molecule has 0 aromatic heterocycles. The summed E-state index contributed by atoms with van der Waals surface area (Å²) in [5.74, 6) is -0.199. The van der Waals surface area contributed by atoms with E-state index in [2.05, 4.69) is 23.9 Å². The first-order chi connectivity index (χ1) is 8.56. The van der Waals surface area contributed by atoms with Gasteiger partial charge in [0.25, 0.3) is 0 Å². The molecule has 0 aliphatic heterocycles. The van der Waals surface area contributed by atoms with Gasteiger partial charge in [0.05, 0.1) is 7.11 Å². The molecule has 0 aliphatic rings. The van der Waals surface area contributed by atoms with Crippen molar-refractivity contribution in [3.8, 4) is 0 Å². The normalized spacial score (nSPS) is 10.3. The molecule has 0 aliphatic carbocycles. The van der Waals surface area contributed by atoms with E-state index in [1.165, 1.54) is 7.11 Å². The summed E-state index contributed by atoms with van der Waals surface area (Å²) in [7, 11) is 3.20. The first kappa shape index (κ1) is 16.7. The zero-order valence-corrected chi connectivity index (χ0v) is 12.0. The lowest BCUT2D eigenvalue weighted by Crippen LogP contribution is -2.43. The molecule has 0 fully saturated rings. The van der Waals surface area contributed by atoms with E-state index >= 15 is 0 Å². The Bertz CT molecular complexity index is 253. The topological polar surface area (TPSA) is 58.6 Å². The van der Waals surface area contributed by atoms with Gasteiger partial charge in [0.1, 0.15) is 0 Å². The smallest absolute Gasteiger partial charge is 0.317 e. The van der Waals surface area contributed by atoms with Crippen LogP contribution in [0.5, 0.6) is 0 Å². The Morgan fingerprint density at radius 3 is 2.33 bits per heavy atom. The molecule has 0 aromatic carbocycles. The largest absolute Gasteiger partial charge is 0.469 e. The SMILES string of the molecule is CCC(CC)N(C)C(=O)NCCCCC(=O)OC. The fourth-order valence-corrected chi connectivity index (χ4v) is 1.82. The molecule has 0 aromatic rings. The van der Waals surface area contributed by atoms with Crippen LogP contribution < -0.4 is 5.32 Å². The van der Waals surface area contributed by atoms with Crippen molar-refractivity contribution in [2.75, 3.05) is 20.7 Å². The van der Waals surface area contributed by atoms with E-state index in [9.17, 15) is 9.59 Å². The average molecular weight is 258 g/mol. The van der Waals surface area contributed by atoms with Gasteiger partial charge in [-0.2, -0.15) is 0 Å². The molecule has 0 unspecified atom stereocenters. The second-order valence-electron chi connectivity index (χ2n) is 4.35. The van der Waals surface area contributed by atoms with Crippen LogP contribution in [0.4, 0.5) is 4.79 Å². The van der Waals surface area contributed by atoms with Crippen LogP contribution in [0.1, 0.15) is 46.0 Å². The predicted molar refractivity (Wildman–Crippen MR) is 71.4 cm³/mol. The van der Waals surface area contributed by atoms with Gasteiger partial charge in [-0.15, -0.1) is 0 Å². The fraction of sp³-hybridized carbons (Fsp3) is 0.846. The van der Waals surface area contributed by atoms with Crippen LogP contribution in [0.2, 0.25) is 0 Å². The van der Waals surface area contributed by atoms with Gasteiger partial charge >= 0.3 is 12.0 Å². The molecule has 0 rings (SSSR count). The zero-order valence-electron chi connectivity index (χ0n) is 12.0. The number of methoxy groups -OCH3 is 1. The molecule has 106 valence electrons. The van der Waals surface area contributed by atoms with Crippen LogP contribution in [0.3, 0.4) is 0 Å². The number of carbonyl (C=O) groups excluding carboxylic acids is 2. The molecule has 0 radical (unpaired) electrons. The van der Waals surface area contributed by atoms with Crippen molar-refractivity contribution in [1.29, 1.82) is 0 Å². The van der Waals surface area contributed by atoms with E-state index in [4.69, 9.17) is 0 Å². The summed E-state index contributed by atoms with van der Waals surface area (Å²) in [4.78, 5) is 24.4. The summed E-state index contributed by atoms with van der Waals surface area (Å²) >= 11 is 0. The highest BCUT2D eigenvalue weighted by Crippen LogP contribution is 2.06. The number of unbranched alkanes of at least 4 members (excludes halogenated alkanes) is 1. The second kappa shape index (κ2) is 9.74. The maximum absolute atomic E-state index is 11.8. The van der Waals surface area contributed by atoms with E-state index < -0.39 is 0 Å². The van der Waals surface area contributed by atoms with E-state index in [1.54, 1.807) is 4.90 Å². The molecule has 0 saturated carbocycles. The summed E-state index contributed by atoms with van der Waals surface area (Å²) in [5, 5.41) is 2.86. The number of hydrogen-bond donors (Lipinski definition) is 1. The van der Waals surface area contributed by atoms with Crippen molar-refractivity contribution in [1.82, 2.24) is 10.2 Å². The molecule has 0 atom stereocenters. The lowest BCUT2D eigenvalue weighted by Gasteiger charge is -2.26. The van der Waals surface area contributed by atoms with E-state index in [-0.39, 0.29) is 12.0 Å². The van der Waals surface area contributed by atoms with Gasteiger partial charge in [-0.3, -0.25) is 4.79 Å². The Morgan fingerprint density at radius 1 is 1.22 bits per heavy atom. The minimum Gasteiger partial charge on any atom is -0.469 e. The molecule has 0 spiro atoms. The van der Waals surface area contributed by atoms with E-state index in [0.717, 1.165) is 25.7 Å². The van der Waals surface area contributed by atoms with Crippen molar-refractivity contribution in [2.45, 2.75) is 52.0 Å². The molecule has 5 nitrogen and oxygen atoms in total. The number of esters is 1. The Morgan fingerprint density at radius 2 is 1.83 bits per heavy atom. The highest BCUT2D eigenvalue weighted by atomic mass is 16.5. The molecule has 5 heteroatoms. The highest BCUT2D eigenvalue weighted by Gasteiger charge is 2.15. The maximum atomic E-state index is 11.8. The Balaban J connectivity index is 3.73. The van der Waals surface area contributed by atoms with Gasteiger partial charge < -0.3 is 15.0 Å². The van der Waals surface area contributed by atoms with Crippen LogP contribution >= 0.6 is 0 Å². The predicted octanol–water partition coefficient (Wildman–Crippen LogP) is 2.16. The molecule has 2 amide bonds. The Hall–Kier alpha value is -1.26. The number of carbonyl (C=O) groups is 2. The van der Waals surface area contributed by atoms with Crippen LogP contribution in [-0.4, -0.2) is 43.6 Å². The van der Waals surface area contributed by atoms with Crippen LogP contribution in [0.15, 0.2) is 0 Å². The van der Waals surface area contributed by atoms with Crippen LogP contribution in [0.25, 0.3) is 0 Å². The fourth-order valence-electron chi connectivity index (χ4n) is 1.82. The van der Waals surface area contributed by atoms with Gasteiger partial charge in [0.15, 0.2) is 0 Å². The van der Waals surface area contributed by atoms with Crippen molar-refractivity contribution in [3.63, 3.8) is 0 Å². The maximum Gasteiger partial charge on any atom is 0.317 e. The number of rotatable bonds is 8. The minimum atomic E-state index is -0.199. The number of amides is 2. The third-order valence-electron chi connectivity index (χ3n) is 3.12. The number of hydrogen-bond acceptors (Lipinski definition) is 3. The van der Waals surface area contributed by atoms with Gasteiger partial charge in [0.2, 0.25) is 0 Å². The van der Waals surface area contributed by atoms with Crippen LogP contribution in [0, 0.1) is 0 Å². The van der Waals surface area contributed by atoms with Crippen molar-refractivity contribution >= 4 is 12.0 Å². The molecule has 18 heavy (non-hydrogen) atoms. The zero-order chi connectivity index (χ0) is 14.0. The van der Waals surface area contributed by atoms with Gasteiger partial charge in [-0.25, -0.2) is 4.79 Å². The molecule has 0 heterocycles. The minimum absolute atomic E-state index is 0.0400. The molecular formula is C13H26N2O3. The molecule has 0 bridgehead atoms. The summed E-state index contributed by atoms with van der Waals surface area (Å²) in [5.41, 5.74) is 0. The van der Waals surface area contributed by atoms with Gasteiger partial charge in [-0.1, -0.05) is 13.8 Å². The average Bonchev–Trinajstić information content (AvgIpc) is 2.38. The monoisotopic (exact) mass is 258 g/mol. The standard InChI is InChI=1S/C13H26N2O3/c1-5-11(6-2)15(3)13(17)14-10-8-7-9-12(16)18-4/h11H,5-10H2,1-4H3,(H,14,17). The third kappa shape index (κ3) is 6.47. The second-order valence-corrected chi connectivity index (χ2v) is 4.35. The summed E-state index contributed by atoms with van der Waals surface area (Å²) < 4.78 is 4.54. The van der Waals surface area contributed by atoms with Gasteiger partial charge in [0, 0.05) is 26.1 Å². The number of urea groups is 1. The first-order valence-electron chi connectivity index (χ1n) is 6.64. The van der Waals surface area contributed by atoms with Crippen molar-refractivity contribution < 1.29 is 14.3 Å². The van der Waals surface area contributed by atoms with Crippen molar-refractivity contribution in [3.05, 3.63) is 0 Å². The summed E-state index contributed by atoms with van der Waals surface area (Å²) in [6, 6.07) is 0.252. The molecule has 1 N–H and O–H groups in total. The highest BCUT2D eigenvalue weighted by molar-refractivity contribution is 5.74. The third-order valence-corrected chi connectivity index (χ3v) is 3.12. The quantitative estimate of drug-likeness (QED) is 0.536. The van der Waals surface area contributed by atoms with E-state index in [1.807, 2.05) is 7.05 Å². The van der Waals surface area contributed by atoms with Gasteiger partial charge in [-0.05, 0) is 25.7 Å². The Kier molecular flexibility index (Phi) is 9.06. The number of ether oxygens (including phenoxy) is 1. The van der Waals surface area contributed by atoms with E-state index in [0.29, 0.717) is 19.0 Å².